The highest BCUT2D eigenvalue weighted by atomic mass is 16.1. The van der Waals surface area contributed by atoms with Crippen LogP contribution in [0.1, 0.15) is 28.5 Å². The van der Waals surface area contributed by atoms with Crippen molar-refractivity contribution < 1.29 is 4.79 Å². The van der Waals surface area contributed by atoms with Crippen molar-refractivity contribution in [2.75, 3.05) is 16.8 Å². The molecular formula is C22H23N3O. The lowest BCUT2D eigenvalue weighted by Crippen LogP contribution is -2.18. The van der Waals surface area contributed by atoms with Crippen LogP contribution in [0, 0.1) is 13.8 Å². The fraction of sp³-hybridized carbons (Fsp3) is 0.182. The molecule has 1 N–H and O–H groups in total. The highest BCUT2D eigenvalue weighted by Gasteiger charge is 2.12. The molecule has 0 atom stereocenters. The summed E-state index contributed by atoms with van der Waals surface area (Å²) in [5, 5.41) is 2.90. The molecule has 26 heavy (non-hydrogen) atoms. The Labute approximate surface area is 154 Å². The summed E-state index contributed by atoms with van der Waals surface area (Å²) in [4.78, 5) is 19.0. The monoisotopic (exact) mass is 345 g/mol. The predicted octanol–water partition coefficient (Wildman–Crippen LogP) is 5.11. The van der Waals surface area contributed by atoms with Crippen LogP contribution in [0.25, 0.3) is 0 Å². The lowest BCUT2D eigenvalue weighted by Gasteiger charge is -2.24. The standard InChI is InChI=1S/C22H23N3O/c1-4-25(19-7-5-6-17(3)14-19)20-12-13-23-21(15-20)22(26)24-18-10-8-16(2)9-11-18/h5-15H,4H2,1-3H3,(H,24,26). The molecule has 0 aliphatic rings. The third-order valence-corrected chi connectivity index (χ3v) is 4.23. The van der Waals surface area contributed by atoms with Gasteiger partial charge in [0, 0.05) is 29.8 Å². The van der Waals surface area contributed by atoms with E-state index >= 15 is 0 Å². The summed E-state index contributed by atoms with van der Waals surface area (Å²) < 4.78 is 0. The zero-order chi connectivity index (χ0) is 18.5. The van der Waals surface area contributed by atoms with Gasteiger partial charge in [0.2, 0.25) is 0 Å². The first kappa shape index (κ1) is 17.7. The minimum absolute atomic E-state index is 0.212. The van der Waals surface area contributed by atoms with Crippen LogP contribution in [-0.4, -0.2) is 17.4 Å². The first-order chi connectivity index (χ1) is 12.6. The number of nitrogens with one attached hydrogen (secondary N) is 1. The third-order valence-electron chi connectivity index (χ3n) is 4.23. The molecule has 4 nitrogen and oxygen atoms in total. The molecule has 132 valence electrons. The summed E-state index contributed by atoms with van der Waals surface area (Å²) in [6, 6.07) is 19.8. The number of aryl methyl sites for hydroxylation is 2. The maximum absolute atomic E-state index is 12.6. The van der Waals surface area contributed by atoms with Crippen molar-refractivity contribution in [3.63, 3.8) is 0 Å². The SMILES string of the molecule is CCN(c1cccc(C)c1)c1ccnc(C(=O)Nc2ccc(C)cc2)c1. The normalized spacial score (nSPS) is 10.4. The molecule has 4 heteroatoms. The summed E-state index contributed by atoms with van der Waals surface area (Å²) in [5.41, 5.74) is 5.56. The first-order valence-electron chi connectivity index (χ1n) is 8.75. The molecule has 0 bridgehead atoms. The van der Waals surface area contributed by atoms with Gasteiger partial charge in [0.15, 0.2) is 0 Å². The Kier molecular flexibility index (Phi) is 5.32. The second-order valence-electron chi connectivity index (χ2n) is 6.30. The van der Waals surface area contributed by atoms with Crippen molar-refractivity contribution in [1.82, 2.24) is 4.98 Å². The molecule has 3 aromatic rings. The smallest absolute Gasteiger partial charge is 0.274 e. The van der Waals surface area contributed by atoms with E-state index in [1.807, 2.05) is 49.4 Å². The minimum Gasteiger partial charge on any atom is -0.342 e. The number of amides is 1. The Hall–Kier alpha value is -3.14. The first-order valence-corrected chi connectivity index (χ1v) is 8.75. The largest absolute Gasteiger partial charge is 0.342 e. The fourth-order valence-electron chi connectivity index (χ4n) is 2.85. The molecule has 0 fully saturated rings. The van der Waals surface area contributed by atoms with Gasteiger partial charge in [-0.25, -0.2) is 0 Å². The number of hydrogen-bond donors (Lipinski definition) is 1. The van der Waals surface area contributed by atoms with E-state index in [0.717, 1.165) is 29.2 Å². The quantitative estimate of drug-likeness (QED) is 0.699. The van der Waals surface area contributed by atoms with E-state index in [9.17, 15) is 4.79 Å². The van der Waals surface area contributed by atoms with Crippen LogP contribution >= 0.6 is 0 Å². The van der Waals surface area contributed by atoms with Gasteiger partial charge < -0.3 is 10.2 Å². The van der Waals surface area contributed by atoms with Crippen LogP contribution in [0.2, 0.25) is 0 Å². The van der Waals surface area contributed by atoms with Gasteiger partial charge in [-0.15, -0.1) is 0 Å². The topological polar surface area (TPSA) is 45.2 Å². The van der Waals surface area contributed by atoms with Crippen LogP contribution < -0.4 is 10.2 Å². The number of benzene rings is 2. The molecular weight excluding hydrogens is 322 g/mol. The molecule has 1 amide bonds. The van der Waals surface area contributed by atoms with E-state index in [2.05, 4.69) is 47.2 Å². The van der Waals surface area contributed by atoms with Gasteiger partial charge in [-0.1, -0.05) is 29.8 Å². The van der Waals surface area contributed by atoms with Crippen LogP contribution in [0.15, 0.2) is 66.9 Å². The minimum atomic E-state index is -0.212. The number of pyridine rings is 1. The van der Waals surface area contributed by atoms with Gasteiger partial charge in [0.1, 0.15) is 5.69 Å². The molecule has 3 rings (SSSR count). The van der Waals surface area contributed by atoms with Gasteiger partial charge >= 0.3 is 0 Å². The average Bonchev–Trinajstić information content (AvgIpc) is 2.65. The molecule has 1 heterocycles. The van der Waals surface area contributed by atoms with Crippen molar-refractivity contribution >= 4 is 23.0 Å². The number of nitrogens with zero attached hydrogens (tertiary/aromatic N) is 2. The lowest BCUT2D eigenvalue weighted by molar-refractivity contribution is 0.102. The van der Waals surface area contributed by atoms with Gasteiger partial charge in [-0.2, -0.15) is 0 Å². The average molecular weight is 345 g/mol. The highest BCUT2D eigenvalue weighted by molar-refractivity contribution is 6.03. The molecule has 0 saturated heterocycles. The molecule has 1 aromatic heterocycles. The lowest BCUT2D eigenvalue weighted by atomic mass is 10.2. The summed E-state index contributed by atoms with van der Waals surface area (Å²) >= 11 is 0. The summed E-state index contributed by atoms with van der Waals surface area (Å²) in [5.74, 6) is -0.212. The van der Waals surface area contributed by atoms with Crippen LogP contribution in [0.4, 0.5) is 17.1 Å². The Balaban J connectivity index is 1.84. The molecule has 0 saturated carbocycles. The number of anilines is 3. The molecule has 0 unspecified atom stereocenters. The van der Waals surface area contributed by atoms with Crippen molar-refractivity contribution in [3.8, 4) is 0 Å². The molecule has 0 radical (unpaired) electrons. The van der Waals surface area contributed by atoms with Crippen LogP contribution in [0.3, 0.4) is 0 Å². The molecule has 0 aliphatic heterocycles. The van der Waals surface area contributed by atoms with Crippen molar-refractivity contribution in [2.45, 2.75) is 20.8 Å². The summed E-state index contributed by atoms with van der Waals surface area (Å²) in [6.45, 7) is 6.98. The van der Waals surface area contributed by atoms with Crippen LogP contribution in [-0.2, 0) is 0 Å². The number of carbonyl (C=O) groups is 1. The van der Waals surface area contributed by atoms with E-state index in [1.165, 1.54) is 5.56 Å². The van der Waals surface area contributed by atoms with E-state index < -0.39 is 0 Å². The Morgan fingerprint density at radius 2 is 1.69 bits per heavy atom. The Morgan fingerprint density at radius 3 is 2.38 bits per heavy atom. The Bertz CT molecular complexity index is 903. The summed E-state index contributed by atoms with van der Waals surface area (Å²) in [6.07, 6.45) is 1.68. The summed E-state index contributed by atoms with van der Waals surface area (Å²) in [7, 11) is 0. The maximum atomic E-state index is 12.6. The predicted molar refractivity (Wildman–Crippen MR) is 107 cm³/mol. The number of rotatable bonds is 5. The molecule has 2 aromatic carbocycles. The van der Waals surface area contributed by atoms with E-state index in [4.69, 9.17) is 0 Å². The number of hydrogen-bond acceptors (Lipinski definition) is 3. The van der Waals surface area contributed by atoms with E-state index in [1.54, 1.807) is 6.20 Å². The van der Waals surface area contributed by atoms with Gasteiger partial charge in [-0.05, 0) is 62.7 Å². The molecule has 0 aliphatic carbocycles. The van der Waals surface area contributed by atoms with Crippen molar-refractivity contribution in [3.05, 3.63) is 83.7 Å². The van der Waals surface area contributed by atoms with Crippen molar-refractivity contribution in [2.24, 2.45) is 0 Å². The second-order valence-corrected chi connectivity index (χ2v) is 6.30. The highest BCUT2D eigenvalue weighted by Crippen LogP contribution is 2.26. The number of aromatic nitrogens is 1. The van der Waals surface area contributed by atoms with Crippen LogP contribution in [0.5, 0.6) is 0 Å². The van der Waals surface area contributed by atoms with E-state index in [0.29, 0.717) is 5.69 Å². The Morgan fingerprint density at radius 1 is 0.962 bits per heavy atom. The van der Waals surface area contributed by atoms with Gasteiger partial charge in [0.05, 0.1) is 0 Å². The van der Waals surface area contributed by atoms with Gasteiger partial charge in [0.25, 0.3) is 5.91 Å². The van der Waals surface area contributed by atoms with Gasteiger partial charge in [-0.3, -0.25) is 9.78 Å². The van der Waals surface area contributed by atoms with Crippen molar-refractivity contribution in [1.29, 1.82) is 0 Å². The third kappa shape index (κ3) is 4.09. The number of carbonyl (C=O) groups excluding carboxylic acids is 1. The van der Waals surface area contributed by atoms with E-state index in [-0.39, 0.29) is 5.91 Å². The second kappa shape index (κ2) is 7.83. The fourth-order valence-corrected chi connectivity index (χ4v) is 2.85. The maximum Gasteiger partial charge on any atom is 0.274 e. The zero-order valence-corrected chi connectivity index (χ0v) is 15.4. The zero-order valence-electron chi connectivity index (χ0n) is 15.4. The molecule has 0 spiro atoms.